The van der Waals surface area contributed by atoms with Crippen LogP contribution in [0, 0.1) is 0 Å². The fourth-order valence-electron chi connectivity index (χ4n) is 2.64. The minimum absolute atomic E-state index is 0.203. The Morgan fingerprint density at radius 3 is 2.77 bits per heavy atom. The van der Waals surface area contributed by atoms with Crippen LogP contribution < -0.4 is 0 Å². The SMILES string of the molecule is C[C@H]1CN(C(=O)OC(C)(C)C)CCN1CCc1cccnc1. The van der Waals surface area contributed by atoms with E-state index in [0.717, 1.165) is 32.6 Å². The van der Waals surface area contributed by atoms with Gasteiger partial charge in [0.25, 0.3) is 0 Å². The van der Waals surface area contributed by atoms with Crippen molar-refractivity contribution in [1.29, 1.82) is 0 Å². The van der Waals surface area contributed by atoms with Crippen LogP contribution >= 0.6 is 0 Å². The molecule has 2 heterocycles. The summed E-state index contributed by atoms with van der Waals surface area (Å²) in [5, 5.41) is 0. The van der Waals surface area contributed by atoms with Crippen molar-refractivity contribution < 1.29 is 9.53 Å². The van der Waals surface area contributed by atoms with Gasteiger partial charge < -0.3 is 9.64 Å². The lowest BCUT2D eigenvalue weighted by atomic mass is 10.1. The van der Waals surface area contributed by atoms with Gasteiger partial charge in [0, 0.05) is 44.6 Å². The van der Waals surface area contributed by atoms with Crippen molar-refractivity contribution in [3.63, 3.8) is 0 Å². The molecule has 122 valence electrons. The summed E-state index contributed by atoms with van der Waals surface area (Å²) in [5.74, 6) is 0. The zero-order valence-corrected chi connectivity index (χ0v) is 14.1. The molecule has 1 atom stereocenters. The molecule has 0 saturated carbocycles. The van der Waals surface area contributed by atoms with Gasteiger partial charge in [-0.15, -0.1) is 0 Å². The van der Waals surface area contributed by atoms with Gasteiger partial charge in [-0.2, -0.15) is 0 Å². The van der Waals surface area contributed by atoms with Crippen LogP contribution in [0.3, 0.4) is 0 Å². The molecule has 0 N–H and O–H groups in total. The molecule has 22 heavy (non-hydrogen) atoms. The Hall–Kier alpha value is -1.62. The predicted molar refractivity (Wildman–Crippen MR) is 86.8 cm³/mol. The van der Waals surface area contributed by atoms with Crippen molar-refractivity contribution in [2.45, 2.75) is 45.8 Å². The summed E-state index contributed by atoms with van der Waals surface area (Å²) < 4.78 is 5.45. The molecule has 1 saturated heterocycles. The first-order valence-electron chi connectivity index (χ1n) is 7.96. The summed E-state index contributed by atoms with van der Waals surface area (Å²) in [5.41, 5.74) is 0.821. The van der Waals surface area contributed by atoms with E-state index in [-0.39, 0.29) is 6.09 Å². The number of piperazine rings is 1. The van der Waals surface area contributed by atoms with E-state index in [1.54, 1.807) is 6.20 Å². The van der Waals surface area contributed by atoms with Crippen LogP contribution in [0.5, 0.6) is 0 Å². The molecule has 1 aliphatic heterocycles. The molecule has 0 aromatic carbocycles. The maximum absolute atomic E-state index is 12.1. The standard InChI is InChI=1S/C17H27N3O2/c1-14-13-20(16(21)22-17(2,3)4)11-10-19(14)9-7-15-6-5-8-18-12-15/h5-6,8,12,14H,7,9-11,13H2,1-4H3/t14-/m0/s1. The minimum Gasteiger partial charge on any atom is -0.444 e. The van der Waals surface area contributed by atoms with Crippen molar-refractivity contribution in [1.82, 2.24) is 14.8 Å². The largest absolute Gasteiger partial charge is 0.444 e. The number of aromatic nitrogens is 1. The Morgan fingerprint density at radius 1 is 1.41 bits per heavy atom. The van der Waals surface area contributed by atoms with E-state index in [2.05, 4.69) is 22.9 Å². The van der Waals surface area contributed by atoms with Gasteiger partial charge in [0.05, 0.1) is 0 Å². The molecule has 2 rings (SSSR count). The maximum atomic E-state index is 12.1. The highest BCUT2D eigenvalue weighted by atomic mass is 16.6. The van der Waals surface area contributed by atoms with Gasteiger partial charge in [0.2, 0.25) is 0 Å². The summed E-state index contributed by atoms with van der Waals surface area (Å²) in [6, 6.07) is 4.42. The molecule has 1 fully saturated rings. The molecule has 1 aliphatic rings. The summed E-state index contributed by atoms with van der Waals surface area (Å²) in [6.45, 7) is 11.2. The Bertz CT molecular complexity index is 484. The number of pyridine rings is 1. The number of amides is 1. The molecule has 5 heteroatoms. The normalized spacial score (nSPS) is 20.0. The first-order chi connectivity index (χ1) is 10.3. The van der Waals surface area contributed by atoms with Crippen LogP contribution in [0.1, 0.15) is 33.3 Å². The number of nitrogens with zero attached hydrogens (tertiary/aromatic N) is 3. The Kier molecular flexibility index (Phi) is 5.40. The number of hydrogen-bond acceptors (Lipinski definition) is 4. The van der Waals surface area contributed by atoms with E-state index in [4.69, 9.17) is 4.74 Å². The maximum Gasteiger partial charge on any atom is 0.410 e. The summed E-state index contributed by atoms with van der Waals surface area (Å²) in [7, 11) is 0. The number of ether oxygens (including phenoxy) is 1. The number of rotatable bonds is 3. The van der Waals surface area contributed by atoms with Crippen molar-refractivity contribution in [3.8, 4) is 0 Å². The van der Waals surface area contributed by atoms with Crippen molar-refractivity contribution in [3.05, 3.63) is 30.1 Å². The Morgan fingerprint density at radius 2 is 2.18 bits per heavy atom. The molecule has 0 spiro atoms. The van der Waals surface area contributed by atoms with Crippen LogP contribution in [0.25, 0.3) is 0 Å². The molecular weight excluding hydrogens is 278 g/mol. The van der Waals surface area contributed by atoms with E-state index in [1.807, 2.05) is 37.9 Å². The zero-order chi connectivity index (χ0) is 16.2. The quantitative estimate of drug-likeness (QED) is 0.861. The molecule has 5 nitrogen and oxygen atoms in total. The third-order valence-corrected chi connectivity index (χ3v) is 3.83. The highest BCUT2D eigenvalue weighted by Crippen LogP contribution is 2.15. The fraction of sp³-hybridized carbons (Fsp3) is 0.647. The van der Waals surface area contributed by atoms with Gasteiger partial charge in [-0.1, -0.05) is 6.07 Å². The minimum atomic E-state index is -0.433. The highest BCUT2D eigenvalue weighted by molar-refractivity contribution is 5.68. The van der Waals surface area contributed by atoms with Crippen LogP contribution in [0.4, 0.5) is 4.79 Å². The van der Waals surface area contributed by atoms with E-state index in [9.17, 15) is 4.79 Å². The average molecular weight is 305 g/mol. The molecule has 0 aliphatic carbocycles. The summed E-state index contributed by atoms with van der Waals surface area (Å²) in [6.07, 6.45) is 4.50. The number of carbonyl (C=O) groups excluding carboxylic acids is 1. The smallest absolute Gasteiger partial charge is 0.410 e. The third-order valence-electron chi connectivity index (χ3n) is 3.83. The molecule has 0 unspecified atom stereocenters. The van der Waals surface area contributed by atoms with Gasteiger partial charge in [0.1, 0.15) is 5.60 Å². The van der Waals surface area contributed by atoms with Gasteiger partial charge in [0.15, 0.2) is 0 Å². The van der Waals surface area contributed by atoms with Crippen molar-refractivity contribution in [2.24, 2.45) is 0 Å². The zero-order valence-electron chi connectivity index (χ0n) is 14.1. The van der Waals surface area contributed by atoms with Gasteiger partial charge in [-0.3, -0.25) is 9.88 Å². The van der Waals surface area contributed by atoms with E-state index in [0.29, 0.717) is 6.04 Å². The third kappa shape index (κ3) is 4.98. The molecule has 1 aromatic heterocycles. The lowest BCUT2D eigenvalue weighted by Crippen LogP contribution is -2.54. The predicted octanol–water partition coefficient (Wildman–Crippen LogP) is 2.57. The van der Waals surface area contributed by atoms with Crippen LogP contribution in [-0.2, 0) is 11.2 Å². The van der Waals surface area contributed by atoms with Crippen molar-refractivity contribution in [2.75, 3.05) is 26.2 Å². The second-order valence-electron chi connectivity index (χ2n) is 6.92. The first-order valence-corrected chi connectivity index (χ1v) is 7.96. The number of carbonyl (C=O) groups is 1. The fourth-order valence-corrected chi connectivity index (χ4v) is 2.64. The number of hydrogen-bond donors (Lipinski definition) is 0. The average Bonchev–Trinajstić information content (AvgIpc) is 2.45. The second kappa shape index (κ2) is 7.09. The summed E-state index contributed by atoms with van der Waals surface area (Å²) in [4.78, 5) is 20.5. The van der Waals surface area contributed by atoms with Crippen molar-refractivity contribution >= 4 is 6.09 Å². The van der Waals surface area contributed by atoms with E-state index < -0.39 is 5.60 Å². The summed E-state index contributed by atoms with van der Waals surface area (Å²) >= 11 is 0. The van der Waals surface area contributed by atoms with Gasteiger partial charge in [-0.05, 0) is 45.7 Å². The molecular formula is C17H27N3O2. The highest BCUT2D eigenvalue weighted by Gasteiger charge is 2.29. The second-order valence-corrected chi connectivity index (χ2v) is 6.92. The molecule has 0 bridgehead atoms. The van der Waals surface area contributed by atoms with Gasteiger partial charge >= 0.3 is 6.09 Å². The molecule has 1 amide bonds. The lowest BCUT2D eigenvalue weighted by molar-refractivity contribution is 0.00598. The topological polar surface area (TPSA) is 45.7 Å². The Labute approximate surface area is 133 Å². The lowest BCUT2D eigenvalue weighted by Gasteiger charge is -2.40. The van der Waals surface area contributed by atoms with Crippen LogP contribution in [0.15, 0.2) is 24.5 Å². The van der Waals surface area contributed by atoms with E-state index in [1.165, 1.54) is 5.56 Å². The molecule has 0 radical (unpaired) electrons. The van der Waals surface area contributed by atoms with E-state index >= 15 is 0 Å². The monoisotopic (exact) mass is 305 g/mol. The van der Waals surface area contributed by atoms with Crippen LogP contribution in [-0.4, -0.2) is 58.7 Å². The van der Waals surface area contributed by atoms with Crippen LogP contribution in [0.2, 0.25) is 0 Å². The molecule has 1 aromatic rings. The van der Waals surface area contributed by atoms with Gasteiger partial charge in [-0.25, -0.2) is 4.79 Å². The Balaban J connectivity index is 1.81. The first kappa shape index (κ1) is 16.7.